The van der Waals surface area contributed by atoms with Crippen molar-refractivity contribution in [2.45, 2.75) is 34.1 Å². The average molecular weight is 212 g/mol. The van der Waals surface area contributed by atoms with Gasteiger partial charge in [0, 0.05) is 20.0 Å². The van der Waals surface area contributed by atoms with Gasteiger partial charge in [-0.1, -0.05) is 27.7 Å². The average Bonchev–Trinajstić information content (AvgIpc) is 2.53. The molecular weight excluding hydrogens is 188 g/mol. The molecule has 2 N–H and O–H groups in total. The molecule has 15 heavy (non-hydrogen) atoms. The largest absolute Gasteiger partial charge is 0.359 e. The summed E-state index contributed by atoms with van der Waals surface area (Å²) in [6.45, 7) is 11.1. The number of rotatable bonds is 5. The molecule has 0 saturated heterocycles. The summed E-state index contributed by atoms with van der Waals surface area (Å²) in [5.41, 5.74) is 0.875. The fourth-order valence-electron chi connectivity index (χ4n) is 2.42. The van der Waals surface area contributed by atoms with Crippen molar-refractivity contribution in [1.82, 2.24) is 10.6 Å². The molecule has 0 radical (unpaired) electrons. The molecule has 1 aliphatic carbocycles. The van der Waals surface area contributed by atoms with Gasteiger partial charge in [-0.25, -0.2) is 0 Å². The molecule has 88 valence electrons. The van der Waals surface area contributed by atoms with Crippen molar-refractivity contribution >= 4 is 5.91 Å². The fraction of sp³-hybridized carbons (Fsp3) is 0.917. The SMILES string of the molecule is CNC(=O)CCNCC1C(C)(C)C1(C)C. The molecule has 0 aromatic carbocycles. The van der Waals surface area contributed by atoms with E-state index in [4.69, 9.17) is 0 Å². The van der Waals surface area contributed by atoms with Crippen molar-refractivity contribution in [3.63, 3.8) is 0 Å². The zero-order valence-electron chi connectivity index (χ0n) is 10.6. The Bertz CT molecular complexity index is 232. The van der Waals surface area contributed by atoms with Crippen molar-refractivity contribution < 1.29 is 4.79 Å². The Kier molecular flexibility index (Phi) is 3.44. The molecule has 3 nitrogen and oxygen atoms in total. The predicted octanol–water partition coefficient (Wildman–Crippen LogP) is 1.39. The second-order valence-corrected chi connectivity index (χ2v) is 5.62. The lowest BCUT2D eigenvalue weighted by atomic mass is 10.0. The second kappa shape index (κ2) is 4.12. The molecule has 0 unspecified atom stereocenters. The molecule has 0 aromatic rings. The molecule has 0 aliphatic heterocycles. The highest BCUT2D eigenvalue weighted by Crippen LogP contribution is 2.67. The summed E-state index contributed by atoms with van der Waals surface area (Å²) in [4.78, 5) is 11.0. The summed E-state index contributed by atoms with van der Waals surface area (Å²) in [5, 5.41) is 5.99. The fourth-order valence-corrected chi connectivity index (χ4v) is 2.42. The van der Waals surface area contributed by atoms with Crippen molar-refractivity contribution in [1.29, 1.82) is 0 Å². The molecule has 0 heterocycles. The van der Waals surface area contributed by atoms with Crippen LogP contribution in [0.4, 0.5) is 0 Å². The van der Waals surface area contributed by atoms with Crippen LogP contribution in [0, 0.1) is 16.7 Å². The van der Waals surface area contributed by atoms with Crippen molar-refractivity contribution in [2.75, 3.05) is 20.1 Å². The number of nitrogens with one attached hydrogen (secondary N) is 2. The van der Waals surface area contributed by atoms with Gasteiger partial charge in [0.15, 0.2) is 0 Å². The molecule has 0 bridgehead atoms. The summed E-state index contributed by atoms with van der Waals surface area (Å²) in [5.74, 6) is 0.839. The minimum absolute atomic E-state index is 0.108. The van der Waals surface area contributed by atoms with E-state index in [2.05, 4.69) is 38.3 Å². The van der Waals surface area contributed by atoms with Gasteiger partial charge in [-0.3, -0.25) is 4.79 Å². The maximum Gasteiger partial charge on any atom is 0.221 e. The number of carbonyl (C=O) groups is 1. The van der Waals surface area contributed by atoms with Gasteiger partial charge in [-0.2, -0.15) is 0 Å². The zero-order chi connectivity index (χ0) is 11.7. The van der Waals surface area contributed by atoms with Crippen LogP contribution >= 0.6 is 0 Å². The first-order chi connectivity index (χ1) is 6.84. The third kappa shape index (κ3) is 2.33. The molecular formula is C12H24N2O. The van der Waals surface area contributed by atoms with Gasteiger partial charge in [0.25, 0.3) is 0 Å². The smallest absolute Gasteiger partial charge is 0.221 e. The highest BCUT2D eigenvalue weighted by molar-refractivity contribution is 5.75. The minimum Gasteiger partial charge on any atom is -0.359 e. The van der Waals surface area contributed by atoms with Gasteiger partial charge in [0.05, 0.1) is 0 Å². The van der Waals surface area contributed by atoms with E-state index in [1.54, 1.807) is 7.05 Å². The van der Waals surface area contributed by atoms with Crippen LogP contribution in [0.1, 0.15) is 34.1 Å². The predicted molar refractivity (Wildman–Crippen MR) is 62.6 cm³/mol. The van der Waals surface area contributed by atoms with Crippen LogP contribution in [-0.4, -0.2) is 26.0 Å². The van der Waals surface area contributed by atoms with Crippen LogP contribution in [-0.2, 0) is 4.79 Å². The minimum atomic E-state index is 0.108. The quantitative estimate of drug-likeness (QED) is 0.676. The van der Waals surface area contributed by atoms with Gasteiger partial charge >= 0.3 is 0 Å². The lowest BCUT2D eigenvalue weighted by Gasteiger charge is -2.05. The highest BCUT2D eigenvalue weighted by atomic mass is 16.1. The van der Waals surface area contributed by atoms with Crippen LogP contribution in [0.3, 0.4) is 0 Å². The van der Waals surface area contributed by atoms with E-state index in [1.807, 2.05) is 0 Å². The Balaban J connectivity index is 2.16. The topological polar surface area (TPSA) is 41.1 Å². The Hall–Kier alpha value is -0.570. The molecule has 1 saturated carbocycles. The molecule has 3 heteroatoms. The van der Waals surface area contributed by atoms with Gasteiger partial charge in [-0.15, -0.1) is 0 Å². The van der Waals surface area contributed by atoms with Gasteiger partial charge in [-0.05, 0) is 23.3 Å². The van der Waals surface area contributed by atoms with Crippen molar-refractivity contribution in [3.8, 4) is 0 Å². The van der Waals surface area contributed by atoms with Crippen molar-refractivity contribution in [3.05, 3.63) is 0 Å². The zero-order valence-corrected chi connectivity index (χ0v) is 10.6. The Morgan fingerprint density at radius 2 is 1.73 bits per heavy atom. The van der Waals surface area contributed by atoms with E-state index < -0.39 is 0 Å². The molecule has 0 aromatic heterocycles. The van der Waals surface area contributed by atoms with Crippen LogP contribution < -0.4 is 10.6 Å². The van der Waals surface area contributed by atoms with Crippen LogP contribution in [0.25, 0.3) is 0 Å². The van der Waals surface area contributed by atoms with E-state index in [0.717, 1.165) is 19.0 Å². The molecule has 0 spiro atoms. The number of hydrogen-bond donors (Lipinski definition) is 2. The maximum atomic E-state index is 11.0. The lowest BCUT2D eigenvalue weighted by Crippen LogP contribution is -2.26. The number of carbonyl (C=O) groups excluding carboxylic acids is 1. The molecule has 1 amide bonds. The molecule has 0 atom stereocenters. The summed E-state index contributed by atoms with van der Waals surface area (Å²) >= 11 is 0. The van der Waals surface area contributed by atoms with Gasteiger partial charge in [0.2, 0.25) is 5.91 Å². The van der Waals surface area contributed by atoms with E-state index in [-0.39, 0.29) is 5.91 Å². The number of amides is 1. The maximum absolute atomic E-state index is 11.0. The Labute approximate surface area is 93.0 Å². The number of hydrogen-bond acceptors (Lipinski definition) is 2. The third-order valence-electron chi connectivity index (χ3n) is 4.48. The first kappa shape index (κ1) is 12.5. The highest BCUT2D eigenvalue weighted by Gasteiger charge is 2.63. The molecule has 1 aliphatic rings. The first-order valence-electron chi connectivity index (χ1n) is 5.75. The lowest BCUT2D eigenvalue weighted by molar-refractivity contribution is -0.120. The van der Waals surface area contributed by atoms with Gasteiger partial charge < -0.3 is 10.6 Å². The van der Waals surface area contributed by atoms with E-state index in [9.17, 15) is 4.79 Å². The summed E-state index contributed by atoms with van der Waals surface area (Å²) in [7, 11) is 1.68. The van der Waals surface area contributed by atoms with Crippen LogP contribution in [0.15, 0.2) is 0 Å². The normalized spacial score (nSPS) is 22.5. The monoisotopic (exact) mass is 212 g/mol. The van der Waals surface area contributed by atoms with Crippen molar-refractivity contribution in [2.24, 2.45) is 16.7 Å². The molecule has 1 rings (SSSR count). The summed E-state index contributed by atoms with van der Waals surface area (Å²) < 4.78 is 0. The van der Waals surface area contributed by atoms with E-state index in [0.29, 0.717) is 17.3 Å². The Morgan fingerprint density at radius 3 is 2.13 bits per heavy atom. The van der Waals surface area contributed by atoms with Crippen LogP contribution in [0.2, 0.25) is 0 Å². The van der Waals surface area contributed by atoms with Crippen LogP contribution in [0.5, 0.6) is 0 Å². The standard InChI is InChI=1S/C12H24N2O/c1-11(2)9(12(11,3)4)8-14-7-6-10(15)13-5/h9,14H,6-8H2,1-5H3,(H,13,15). The summed E-state index contributed by atoms with van der Waals surface area (Å²) in [6, 6.07) is 0. The second-order valence-electron chi connectivity index (χ2n) is 5.62. The van der Waals surface area contributed by atoms with Gasteiger partial charge in [0.1, 0.15) is 0 Å². The summed E-state index contributed by atoms with van der Waals surface area (Å²) in [6.07, 6.45) is 0.573. The first-order valence-corrected chi connectivity index (χ1v) is 5.75. The third-order valence-corrected chi connectivity index (χ3v) is 4.48. The molecule has 1 fully saturated rings. The Morgan fingerprint density at radius 1 is 1.20 bits per heavy atom. The van der Waals surface area contributed by atoms with E-state index >= 15 is 0 Å². The van der Waals surface area contributed by atoms with E-state index in [1.165, 1.54) is 0 Å².